The van der Waals surface area contributed by atoms with Gasteiger partial charge < -0.3 is 9.30 Å². The molecule has 0 aliphatic heterocycles. The van der Waals surface area contributed by atoms with Gasteiger partial charge in [0.15, 0.2) is 0 Å². The van der Waals surface area contributed by atoms with E-state index >= 15 is 0 Å². The zero-order valence-corrected chi connectivity index (χ0v) is 13.4. The number of ether oxygens (including phenoxy) is 1. The largest absolute Gasteiger partial charge is 0.492 e. The molecule has 20 heavy (non-hydrogen) atoms. The Kier molecular flexibility index (Phi) is 6.89. The third kappa shape index (κ3) is 4.43. The molecular weight excluding hydrogens is 295 g/mol. The van der Waals surface area contributed by atoms with Crippen LogP contribution in [0.2, 0.25) is 5.02 Å². The van der Waals surface area contributed by atoms with E-state index in [0.29, 0.717) is 6.61 Å². The van der Waals surface area contributed by atoms with Gasteiger partial charge in [-0.2, -0.15) is 0 Å². The second-order valence-electron chi connectivity index (χ2n) is 4.70. The molecule has 0 aliphatic carbocycles. The third-order valence-electron chi connectivity index (χ3n) is 3.10. The van der Waals surface area contributed by atoms with Gasteiger partial charge in [-0.15, -0.1) is 12.4 Å². The number of hydrogen-bond acceptors (Lipinski definition) is 2. The predicted octanol–water partition coefficient (Wildman–Crippen LogP) is 4.43. The number of rotatable bonds is 6. The maximum atomic E-state index is 6.26. The summed E-state index contributed by atoms with van der Waals surface area (Å²) in [6.07, 6.45) is 7.68. The van der Waals surface area contributed by atoms with Crippen molar-refractivity contribution in [3.63, 3.8) is 0 Å². The lowest BCUT2D eigenvalue weighted by Crippen LogP contribution is -2.02. The second kappa shape index (κ2) is 8.18. The highest BCUT2D eigenvalue weighted by Gasteiger charge is 2.07. The first-order valence-corrected chi connectivity index (χ1v) is 6.90. The number of halogens is 2. The van der Waals surface area contributed by atoms with Crippen molar-refractivity contribution in [2.75, 3.05) is 6.61 Å². The van der Waals surface area contributed by atoms with Crippen molar-refractivity contribution in [2.24, 2.45) is 0 Å². The van der Waals surface area contributed by atoms with E-state index in [0.717, 1.165) is 41.3 Å². The molecule has 1 heterocycles. The highest BCUT2D eigenvalue weighted by Crippen LogP contribution is 2.31. The monoisotopic (exact) mass is 314 g/mol. The Balaban J connectivity index is 0.00000200. The fourth-order valence-corrected chi connectivity index (χ4v) is 2.18. The molecule has 3 nitrogen and oxygen atoms in total. The summed E-state index contributed by atoms with van der Waals surface area (Å²) in [5.74, 6) is 0.823. The van der Waals surface area contributed by atoms with E-state index in [1.54, 1.807) is 6.20 Å². The molecule has 0 fully saturated rings. The van der Waals surface area contributed by atoms with Crippen molar-refractivity contribution in [3.8, 4) is 5.75 Å². The Hall–Kier alpha value is -1.19. The van der Waals surface area contributed by atoms with Gasteiger partial charge in [-0.25, -0.2) is 4.98 Å². The van der Waals surface area contributed by atoms with E-state index < -0.39 is 0 Å². The summed E-state index contributed by atoms with van der Waals surface area (Å²) < 4.78 is 7.89. The molecular formula is C15H20Cl2N2O. The highest BCUT2D eigenvalue weighted by molar-refractivity contribution is 6.32. The minimum Gasteiger partial charge on any atom is -0.492 e. The van der Waals surface area contributed by atoms with E-state index in [1.807, 2.05) is 38.5 Å². The third-order valence-corrected chi connectivity index (χ3v) is 3.57. The van der Waals surface area contributed by atoms with Crippen molar-refractivity contribution in [1.29, 1.82) is 0 Å². The summed E-state index contributed by atoms with van der Waals surface area (Å²) in [6, 6.07) is 4.06. The number of nitrogens with zero attached hydrogens (tertiary/aromatic N) is 2. The van der Waals surface area contributed by atoms with E-state index in [-0.39, 0.29) is 12.4 Å². The van der Waals surface area contributed by atoms with Crippen LogP contribution >= 0.6 is 24.0 Å². The molecule has 0 saturated heterocycles. The van der Waals surface area contributed by atoms with Gasteiger partial charge in [0.25, 0.3) is 0 Å². The van der Waals surface area contributed by atoms with Crippen molar-refractivity contribution in [1.82, 2.24) is 9.55 Å². The number of aromatic nitrogens is 2. The molecule has 0 atom stereocenters. The summed E-state index contributed by atoms with van der Waals surface area (Å²) in [4.78, 5) is 4.02. The molecule has 0 bridgehead atoms. The molecule has 0 spiro atoms. The van der Waals surface area contributed by atoms with E-state index in [9.17, 15) is 0 Å². The van der Waals surface area contributed by atoms with Crippen LogP contribution in [0.5, 0.6) is 5.75 Å². The number of unbranched alkanes of at least 4 members (excludes halogenated alkanes) is 1. The molecule has 0 saturated carbocycles. The number of benzene rings is 1. The fourth-order valence-electron chi connectivity index (χ4n) is 1.92. The van der Waals surface area contributed by atoms with Gasteiger partial charge in [-0.05, 0) is 37.8 Å². The summed E-state index contributed by atoms with van der Waals surface area (Å²) >= 11 is 6.26. The highest BCUT2D eigenvalue weighted by atomic mass is 35.5. The van der Waals surface area contributed by atoms with Crippen LogP contribution in [-0.2, 0) is 6.54 Å². The Morgan fingerprint density at radius 2 is 1.95 bits per heavy atom. The lowest BCUT2D eigenvalue weighted by molar-refractivity contribution is 0.301. The molecule has 110 valence electrons. The van der Waals surface area contributed by atoms with Crippen molar-refractivity contribution in [3.05, 3.63) is 47.0 Å². The van der Waals surface area contributed by atoms with Gasteiger partial charge in [-0.1, -0.05) is 23.7 Å². The Morgan fingerprint density at radius 1 is 1.20 bits per heavy atom. The quantitative estimate of drug-likeness (QED) is 0.737. The number of aryl methyl sites for hydroxylation is 3. The molecule has 2 rings (SSSR count). The molecule has 5 heteroatoms. The van der Waals surface area contributed by atoms with Crippen molar-refractivity contribution < 1.29 is 4.74 Å². The van der Waals surface area contributed by atoms with Gasteiger partial charge in [0.05, 0.1) is 18.0 Å². The van der Waals surface area contributed by atoms with Crippen LogP contribution in [0, 0.1) is 13.8 Å². The first kappa shape index (κ1) is 16.9. The van der Waals surface area contributed by atoms with Crippen molar-refractivity contribution in [2.45, 2.75) is 33.2 Å². The summed E-state index contributed by atoms with van der Waals surface area (Å²) in [5.41, 5.74) is 2.14. The van der Waals surface area contributed by atoms with Gasteiger partial charge in [-0.3, -0.25) is 0 Å². The van der Waals surface area contributed by atoms with E-state index in [4.69, 9.17) is 16.3 Å². The van der Waals surface area contributed by atoms with Gasteiger partial charge in [0.1, 0.15) is 5.75 Å². The van der Waals surface area contributed by atoms with Crippen LogP contribution in [0.3, 0.4) is 0 Å². The smallest absolute Gasteiger partial charge is 0.141 e. The van der Waals surface area contributed by atoms with Gasteiger partial charge in [0, 0.05) is 18.9 Å². The summed E-state index contributed by atoms with van der Waals surface area (Å²) in [7, 11) is 0. The average Bonchev–Trinajstić information content (AvgIpc) is 2.90. The Morgan fingerprint density at radius 3 is 2.65 bits per heavy atom. The molecule has 2 aromatic rings. The minimum atomic E-state index is 0. The number of hydrogen-bond donors (Lipinski definition) is 0. The fraction of sp³-hybridized carbons (Fsp3) is 0.400. The van der Waals surface area contributed by atoms with Crippen LogP contribution in [0.1, 0.15) is 24.0 Å². The van der Waals surface area contributed by atoms with Crippen LogP contribution in [-0.4, -0.2) is 16.2 Å². The molecule has 1 aromatic carbocycles. The van der Waals surface area contributed by atoms with Crippen LogP contribution < -0.4 is 4.74 Å². The molecule has 0 amide bonds. The average molecular weight is 315 g/mol. The van der Waals surface area contributed by atoms with Gasteiger partial charge >= 0.3 is 0 Å². The number of imidazole rings is 1. The Bertz CT molecular complexity index is 527. The molecule has 0 aliphatic rings. The maximum absolute atomic E-state index is 6.26. The van der Waals surface area contributed by atoms with Crippen LogP contribution in [0.15, 0.2) is 30.9 Å². The van der Waals surface area contributed by atoms with Crippen molar-refractivity contribution >= 4 is 24.0 Å². The van der Waals surface area contributed by atoms with Crippen LogP contribution in [0.4, 0.5) is 0 Å². The zero-order valence-electron chi connectivity index (χ0n) is 11.8. The maximum Gasteiger partial charge on any atom is 0.141 e. The standard InChI is InChI=1S/C15H19ClN2O.ClH/c1-12-5-6-13(2)15(14(12)16)19-10-4-3-8-18-9-7-17-11-18;/h5-7,9,11H,3-4,8,10H2,1-2H3;1H. The second-order valence-corrected chi connectivity index (χ2v) is 5.08. The van der Waals surface area contributed by atoms with Gasteiger partial charge in [0.2, 0.25) is 0 Å². The summed E-state index contributed by atoms with van der Waals surface area (Å²) in [6.45, 7) is 5.68. The lowest BCUT2D eigenvalue weighted by Gasteiger charge is -2.12. The predicted molar refractivity (Wildman–Crippen MR) is 85.1 cm³/mol. The SMILES string of the molecule is Cc1ccc(C)c(OCCCCn2ccnc2)c1Cl.Cl. The molecule has 0 N–H and O–H groups in total. The molecule has 0 radical (unpaired) electrons. The van der Waals surface area contributed by atoms with E-state index in [1.165, 1.54) is 0 Å². The summed E-state index contributed by atoms with van der Waals surface area (Å²) in [5, 5.41) is 0.731. The molecule has 0 unspecified atom stereocenters. The first-order valence-electron chi connectivity index (χ1n) is 6.52. The minimum absolute atomic E-state index is 0. The zero-order chi connectivity index (χ0) is 13.7. The van der Waals surface area contributed by atoms with Crippen LogP contribution in [0.25, 0.3) is 0 Å². The first-order chi connectivity index (χ1) is 9.18. The Labute approximate surface area is 131 Å². The molecule has 1 aromatic heterocycles. The van der Waals surface area contributed by atoms with E-state index in [2.05, 4.69) is 9.55 Å². The normalized spacial score (nSPS) is 10.2. The lowest BCUT2D eigenvalue weighted by atomic mass is 10.1. The topological polar surface area (TPSA) is 27.1 Å².